The summed E-state index contributed by atoms with van der Waals surface area (Å²) in [4.78, 5) is 11.8. The van der Waals surface area contributed by atoms with Gasteiger partial charge in [0.1, 0.15) is 5.82 Å². The van der Waals surface area contributed by atoms with Crippen molar-refractivity contribution in [3.8, 4) is 22.8 Å². The third-order valence-corrected chi connectivity index (χ3v) is 7.31. The van der Waals surface area contributed by atoms with E-state index < -0.39 is 5.79 Å². The van der Waals surface area contributed by atoms with Crippen LogP contribution >= 0.6 is 0 Å². The molecule has 0 atom stereocenters. The van der Waals surface area contributed by atoms with Crippen LogP contribution in [-0.4, -0.2) is 64.7 Å². The van der Waals surface area contributed by atoms with Gasteiger partial charge in [-0.05, 0) is 75.3 Å². The molecule has 3 aromatic rings. The Bertz CT molecular complexity index is 1210. The summed E-state index contributed by atoms with van der Waals surface area (Å²) < 4.78 is 17.5. The molecule has 8 nitrogen and oxygen atoms in total. The molecular formula is C28H37N5O3. The first-order chi connectivity index (χ1) is 17.3. The lowest BCUT2D eigenvalue weighted by Crippen LogP contribution is -2.51. The Balaban J connectivity index is 1.32. The minimum absolute atomic E-state index is 0.299. The predicted molar refractivity (Wildman–Crippen MR) is 140 cm³/mol. The monoisotopic (exact) mass is 491 g/mol. The van der Waals surface area contributed by atoms with Crippen LogP contribution in [0.5, 0.6) is 0 Å². The average Bonchev–Trinajstić information content (AvgIpc) is 3.24. The lowest BCUT2D eigenvalue weighted by molar-refractivity contribution is -0.263. The second-order valence-corrected chi connectivity index (χ2v) is 10.3. The zero-order valence-corrected chi connectivity index (χ0v) is 22.1. The van der Waals surface area contributed by atoms with Crippen molar-refractivity contribution in [2.75, 3.05) is 38.2 Å². The van der Waals surface area contributed by atoms with Crippen LogP contribution in [0.1, 0.15) is 49.4 Å². The number of pyridine rings is 1. The molecule has 2 aliphatic rings. The number of nitrogens with one attached hydrogen (secondary N) is 1. The SMILES string of the molecule is CCCNc1ncc(-c2nc(-c3ccc4c(c3C)CCN(C3COC(C)(C)OC3)CC4)no2)cc1C. The van der Waals surface area contributed by atoms with Gasteiger partial charge in [-0.25, -0.2) is 4.98 Å². The fraction of sp³-hybridized carbons (Fsp3) is 0.536. The summed E-state index contributed by atoms with van der Waals surface area (Å²) in [5, 5.41) is 7.67. The van der Waals surface area contributed by atoms with Crippen LogP contribution in [0.25, 0.3) is 22.8 Å². The number of benzene rings is 1. The quantitative estimate of drug-likeness (QED) is 0.527. The van der Waals surface area contributed by atoms with Crippen LogP contribution in [0.2, 0.25) is 0 Å². The number of hydrogen-bond donors (Lipinski definition) is 1. The summed E-state index contributed by atoms with van der Waals surface area (Å²) in [5.41, 5.74) is 6.93. The van der Waals surface area contributed by atoms with E-state index in [9.17, 15) is 0 Å². The standard InChI is InChI=1S/C28H37N5O3/c1-6-11-29-25-18(2)14-21(15-30-25)27-31-26(32-36-27)24-8-7-20-9-12-33(13-10-23(20)19(24)3)22-16-34-28(4,5)35-17-22/h7-8,14-15,22H,6,9-13,16-17H2,1-5H3,(H,29,30). The van der Waals surface area contributed by atoms with E-state index in [4.69, 9.17) is 19.0 Å². The molecule has 2 aliphatic heterocycles. The van der Waals surface area contributed by atoms with Gasteiger partial charge in [-0.2, -0.15) is 4.98 Å². The first-order valence-corrected chi connectivity index (χ1v) is 13.0. The highest BCUT2D eigenvalue weighted by Crippen LogP contribution is 2.31. The zero-order valence-electron chi connectivity index (χ0n) is 22.1. The van der Waals surface area contributed by atoms with Crippen LogP contribution in [0.3, 0.4) is 0 Å². The van der Waals surface area contributed by atoms with Crippen LogP contribution in [-0.2, 0) is 22.3 Å². The van der Waals surface area contributed by atoms with Gasteiger partial charge in [0, 0.05) is 31.4 Å². The fourth-order valence-corrected chi connectivity index (χ4v) is 5.10. The molecule has 0 amide bonds. The average molecular weight is 492 g/mol. The van der Waals surface area contributed by atoms with Gasteiger partial charge >= 0.3 is 0 Å². The van der Waals surface area contributed by atoms with Gasteiger partial charge in [-0.15, -0.1) is 0 Å². The Morgan fingerprint density at radius 2 is 1.89 bits per heavy atom. The predicted octanol–water partition coefficient (Wildman–Crippen LogP) is 4.79. The summed E-state index contributed by atoms with van der Waals surface area (Å²) >= 11 is 0. The van der Waals surface area contributed by atoms with Gasteiger partial charge in [-0.1, -0.05) is 24.2 Å². The second kappa shape index (κ2) is 10.3. The zero-order chi connectivity index (χ0) is 25.3. The summed E-state index contributed by atoms with van der Waals surface area (Å²) in [6.07, 6.45) is 4.84. The molecule has 1 fully saturated rings. The Morgan fingerprint density at radius 1 is 1.11 bits per heavy atom. The first kappa shape index (κ1) is 24.9. The van der Waals surface area contributed by atoms with Crippen molar-refractivity contribution in [3.05, 3.63) is 46.6 Å². The molecule has 0 radical (unpaired) electrons. The van der Waals surface area contributed by atoms with Gasteiger partial charge in [0.15, 0.2) is 5.79 Å². The molecule has 4 heterocycles. The fourth-order valence-electron chi connectivity index (χ4n) is 5.10. The van der Waals surface area contributed by atoms with E-state index >= 15 is 0 Å². The minimum Gasteiger partial charge on any atom is -0.370 e. The number of rotatable bonds is 6. The first-order valence-electron chi connectivity index (χ1n) is 13.0. The summed E-state index contributed by atoms with van der Waals surface area (Å²) in [5.74, 6) is 1.52. The lowest BCUT2D eigenvalue weighted by Gasteiger charge is -2.39. The largest absolute Gasteiger partial charge is 0.370 e. The lowest BCUT2D eigenvalue weighted by atomic mass is 9.93. The highest BCUT2D eigenvalue weighted by atomic mass is 16.7. The van der Waals surface area contributed by atoms with Crippen molar-refractivity contribution in [2.24, 2.45) is 0 Å². The number of nitrogens with zero attached hydrogens (tertiary/aromatic N) is 4. The maximum absolute atomic E-state index is 5.92. The molecule has 8 heteroatoms. The molecule has 36 heavy (non-hydrogen) atoms. The third-order valence-electron chi connectivity index (χ3n) is 7.31. The normalized spacial score (nSPS) is 18.6. The highest BCUT2D eigenvalue weighted by Gasteiger charge is 2.32. The smallest absolute Gasteiger partial charge is 0.259 e. The molecule has 5 rings (SSSR count). The number of aromatic nitrogens is 3. The van der Waals surface area contributed by atoms with E-state index in [-0.39, 0.29) is 0 Å². The van der Waals surface area contributed by atoms with E-state index in [0.717, 1.165) is 61.4 Å². The molecule has 0 bridgehead atoms. The topological polar surface area (TPSA) is 85.5 Å². The molecule has 192 valence electrons. The van der Waals surface area contributed by atoms with Crippen molar-refractivity contribution in [2.45, 2.75) is 65.7 Å². The summed E-state index contributed by atoms with van der Waals surface area (Å²) in [6, 6.07) is 6.71. The Morgan fingerprint density at radius 3 is 2.64 bits per heavy atom. The number of ether oxygens (including phenoxy) is 2. The molecule has 0 aliphatic carbocycles. The molecule has 0 saturated carbocycles. The van der Waals surface area contributed by atoms with Crippen LogP contribution < -0.4 is 5.32 Å². The van der Waals surface area contributed by atoms with E-state index in [1.807, 2.05) is 26.8 Å². The van der Waals surface area contributed by atoms with Gasteiger partial charge < -0.3 is 19.3 Å². The number of anilines is 1. The van der Waals surface area contributed by atoms with Crippen LogP contribution in [0.15, 0.2) is 28.9 Å². The molecular weight excluding hydrogens is 454 g/mol. The van der Waals surface area contributed by atoms with E-state index in [1.165, 1.54) is 16.7 Å². The number of hydrogen-bond acceptors (Lipinski definition) is 8. The summed E-state index contributed by atoms with van der Waals surface area (Å²) in [6.45, 7) is 14.6. The van der Waals surface area contributed by atoms with Crippen molar-refractivity contribution >= 4 is 5.82 Å². The Hall–Kier alpha value is -2.81. The maximum atomic E-state index is 5.92. The van der Waals surface area contributed by atoms with Crippen molar-refractivity contribution in [1.29, 1.82) is 0 Å². The second-order valence-electron chi connectivity index (χ2n) is 10.3. The van der Waals surface area contributed by atoms with E-state index in [1.54, 1.807) is 6.20 Å². The molecule has 1 saturated heterocycles. The Kier molecular flexibility index (Phi) is 7.10. The van der Waals surface area contributed by atoms with E-state index in [0.29, 0.717) is 31.0 Å². The Labute approximate surface area is 213 Å². The van der Waals surface area contributed by atoms with Crippen LogP contribution in [0, 0.1) is 13.8 Å². The van der Waals surface area contributed by atoms with Crippen molar-refractivity contribution in [1.82, 2.24) is 20.0 Å². The molecule has 1 aromatic carbocycles. The van der Waals surface area contributed by atoms with Crippen molar-refractivity contribution < 1.29 is 14.0 Å². The maximum Gasteiger partial charge on any atom is 0.259 e. The van der Waals surface area contributed by atoms with Gasteiger partial charge in [0.05, 0.1) is 24.8 Å². The number of fused-ring (bicyclic) bond motifs is 1. The molecule has 0 spiro atoms. The molecule has 2 aromatic heterocycles. The summed E-state index contributed by atoms with van der Waals surface area (Å²) in [7, 11) is 0. The van der Waals surface area contributed by atoms with Gasteiger partial charge in [0.25, 0.3) is 5.89 Å². The van der Waals surface area contributed by atoms with Crippen molar-refractivity contribution in [3.63, 3.8) is 0 Å². The number of aryl methyl sites for hydroxylation is 1. The van der Waals surface area contributed by atoms with Gasteiger partial charge in [0.2, 0.25) is 5.82 Å². The molecule has 0 unspecified atom stereocenters. The highest BCUT2D eigenvalue weighted by molar-refractivity contribution is 5.66. The van der Waals surface area contributed by atoms with Crippen LogP contribution in [0.4, 0.5) is 5.82 Å². The van der Waals surface area contributed by atoms with E-state index in [2.05, 4.69) is 46.3 Å². The minimum atomic E-state index is -0.483. The van der Waals surface area contributed by atoms with Gasteiger partial charge in [-0.3, -0.25) is 4.90 Å². The molecule has 1 N–H and O–H groups in total. The third kappa shape index (κ3) is 5.16.